The highest BCUT2D eigenvalue weighted by Crippen LogP contribution is 2.39. The minimum atomic E-state index is -4.68. The fourth-order valence-corrected chi connectivity index (χ4v) is 6.33. The van der Waals surface area contributed by atoms with Gasteiger partial charge in [0.15, 0.2) is 0 Å². The predicted molar refractivity (Wildman–Crippen MR) is 148 cm³/mol. The van der Waals surface area contributed by atoms with Gasteiger partial charge in [-0.1, -0.05) is 35.9 Å². The van der Waals surface area contributed by atoms with Gasteiger partial charge in [-0.05, 0) is 74.6 Å². The van der Waals surface area contributed by atoms with Crippen molar-refractivity contribution in [2.45, 2.75) is 18.0 Å². The Hall–Kier alpha value is -3.08. The zero-order valence-electron chi connectivity index (χ0n) is 21.6. The molecule has 0 saturated carbocycles. The molecule has 11 heteroatoms. The largest absolute Gasteiger partial charge is 0.416 e. The van der Waals surface area contributed by atoms with Crippen LogP contribution in [0.3, 0.4) is 0 Å². The van der Waals surface area contributed by atoms with Crippen LogP contribution in [0.1, 0.15) is 23.6 Å². The molecule has 4 rings (SSSR count). The number of hydrogen-bond acceptors (Lipinski definition) is 4. The number of benzene rings is 3. The first-order valence-corrected chi connectivity index (χ1v) is 14.0. The number of sulfonamides is 1. The lowest BCUT2D eigenvalue weighted by Crippen LogP contribution is -2.45. The SMILES string of the molecule is C/C(=C\c1ccc2c(c1)N(S(=O)(=O)c1cccc(C(F)(F)F)c1)CCN2CCN(C)C)c1c(F)cccc1Cl. The van der Waals surface area contributed by atoms with Crippen LogP contribution in [-0.4, -0.2) is 53.6 Å². The molecule has 0 unspecified atom stereocenters. The van der Waals surface area contributed by atoms with Crippen LogP contribution < -0.4 is 9.21 Å². The summed E-state index contributed by atoms with van der Waals surface area (Å²) in [4.78, 5) is 3.60. The van der Waals surface area contributed by atoms with Gasteiger partial charge in [0, 0.05) is 25.2 Å². The van der Waals surface area contributed by atoms with Crippen LogP contribution in [-0.2, 0) is 16.2 Å². The number of alkyl halides is 3. The van der Waals surface area contributed by atoms with Gasteiger partial charge in [-0.2, -0.15) is 13.2 Å². The highest BCUT2D eigenvalue weighted by Gasteiger charge is 2.35. The maximum atomic E-state index is 14.5. The zero-order valence-corrected chi connectivity index (χ0v) is 23.2. The molecule has 0 fully saturated rings. The number of fused-ring (bicyclic) bond motifs is 1. The van der Waals surface area contributed by atoms with Crippen LogP contribution in [0.5, 0.6) is 0 Å². The van der Waals surface area contributed by atoms with Gasteiger partial charge in [-0.25, -0.2) is 12.8 Å². The van der Waals surface area contributed by atoms with Gasteiger partial charge in [0.1, 0.15) is 5.82 Å². The van der Waals surface area contributed by atoms with Crippen LogP contribution in [0.4, 0.5) is 28.9 Å². The molecule has 5 nitrogen and oxygen atoms in total. The Balaban J connectivity index is 1.81. The maximum Gasteiger partial charge on any atom is 0.416 e. The van der Waals surface area contributed by atoms with E-state index in [4.69, 9.17) is 11.6 Å². The number of allylic oxidation sites excluding steroid dienone is 1. The highest BCUT2D eigenvalue weighted by atomic mass is 35.5. The molecule has 0 spiro atoms. The molecule has 0 radical (unpaired) electrons. The molecule has 0 aliphatic carbocycles. The summed E-state index contributed by atoms with van der Waals surface area (Å²) < 4.78 is 83.1. The Labute approximate surface area is 231 Å². The van der Waals surface area contributed by atoms with Crippen molar-refractivity contribution in [2.75, 3.05) is 49.5 Å². The number of hydrogen-bond donors (Lipinski definition) is 0. The third kappa shape index (κ3) is 6.23. The number of halogens is 5. The Kier molecular flexibility index (Phi) is 8.30. The van der Waals surface area contributed by atoms with E-state index in [1.165, 1.54) is 12.1 Å². The molecular weight excluding hydrogens is 554 g/mol. The molecule has 1 aliphatic heterocycles. The standard InChI is InChI=1S/C28H28ClF4N3O2S/c1-19(27-23(29)8-5-9-24(27)30)16-20-10-11-25-26(17-20)36(15-14-35(25)13-12-34(2)3)39(37,38)22-7-4-6-21(18-22)28(31,32)33/h4-11,16-18H,12-15H2,1-3H3/b19-16+. The minimum absolute atomic E-state index is 0.0459. The molecular formula is C28H28ClF4N3O2S. The fraction of sp³-hybridized carbons (Fsp3) is 0.286. The van der Waals surface area contributed by atoms with Gasteiger partial charge in [0.25, 0.3) is 10.0 Å². The lowest BCUT2D eigenvalue weighted by atomic mass is 10.0. The van der Waals surface area contributed by atoms with E-state index in [0.29, 0.717) is 48.2 Å². The third-order valence-corrected chi connectivity index (χ3v) is 8.61. The van der Waals surface area contributed by atoms with Crippen molar-refractivity contribution in [3.63, 3.8) is 0 Å². The van der Waals surface area contributed by atoms with E-state index >= 15 is 0 Å². The summed E-state index contributed by atoms with van der Waals surface area (Å²) in [5, 5.41) is 0.241. The van der Waals surface area contributed by atoms with Crippen molar-refractivity contribution < 1.29 is 26.0 Å². The van der Waals surface area contributed by atoms with E-state index in [2.05, 4.69) is 0 Å². The molecule has 0 N–H and O–H groups in total. The lowest BCUT2D eigenvalue weighted by molar-refractivity contribution is -0.137. The summed E-state index contributed by atoms with van der Waals surface area (Å²) in [6.07, 6.45) is -2.99. The second kappa shape index (κ2) is 11.2. The molecule has 0 aromatic heterocycles. The van der Waals surface area contributed by atoms with Crippen molar-refractivity contribution in [3.8, 4) is 0 Å². The molecule has 3 aromatic carbocycles. The van der Waals surface area contributed by atoms with Crippen LogP contribution in [0.25, 0.3) is 11.6 Å². The first-order valence-electron chi connectivity index (χ1n) is 12.2. The molecule has 1 aliphatic rings. The first-order chi connectivity index (χ1) is 18.3. The van der Waals surface area contributed by atoms with Crippen LogP contribution in [0.2, 0.25) is 5.02 Å². The van der Waals surface area contributed by atoms with Crippen molar-refractivity contribution in [1.29, 1.82) is 0 Å². The fourth-order valence-electron chi connectivity index (χ4n) is 4.51. The normalized spacial score (nSPS) is 14.6. The molecule has 3 aromatic rings. The Morgan fingerprint density at radius 1 is 1.03 bits per heavy atom. The minimum Gasteiger partial charge on any atom is -0.367 e. The van der Waals surface area contributed by atoms with E-state index < -0.39 is 32.5 Å². The molecule has 0 bridgehead atoms. The average molecular weight is 582 g/mol. The second-order valence-electron chi connectivity index (χ2n) is 9.57. The molecule has 0 amide bonds. The quantitative estimate of drug-likeness (QED) is 0.232. The second-order valence-corrected chi connectivity index (χ2v) is 11.8. The number of nitrogens with zero attached hydrogens (tertiary/aromatic N) is 3. The monoisotopic (exact) mass is 581 g/mol. The van der Waals surface area contributed by atoms with Gasteiger partial charge < -0.3 is 9.80 Å². The van der Waals surface area contributed by atoms with Gasteiger partial charge in [-0.15, -0.1) is 0 Å². The van der Waals surface area contributed by atoms with E-state index in [9.17, 15) is 26.0 Å². The number of likely N-dealkylation sites (N-methyl/N-ethyl adjacent to an activating group) is 1. The van der Waals surface area contributed by atoms with Crippen LogP contribution in [0, 0.1) is 5.82 Å². The van der Waals surface area contributed by atoms with Crippen molar-refractivity contribution in [1.82, 2.24) is 4.90 Å². The van der Waals surface area contributed by atoms with E-state index in [1.54, 1.807) is 37.3 Å². The smallest absolute Gasteiger partial charge is 0.367 e. The maximum absolute atomic E-state index is 14.5. The Morgan fingerprint density at radius 3 is 2.41 bits per heavy atom. The predicted octanol–water partition coefficient (Wildman–Crippen LogP) is 6.64. The summed E-state index contributed by atoms with van der Waals surface area (Å²) in [6.45, 7) is 3.44. The van der Waals surface area contributed by atoms with Crippen molar-refractivity contribution in [2.24, 2.45) is 0 Å². The highest BCUT2D eigenvalue weighted by molar-refractivity contribution is 7.92. The Bertz CT molecular complexity index is 1490. The average Bonchev–Trinajstić information content (AvgIpc) is 2.86. The van der Waals surface area contributed by atoms with Gasteiger partial charge in [0.2, 0.25) is 0 Å². The van der Waals surface area contributed by atoms with Crippen molar-refractivity contribution in [3.05, 3.63) is 88.2 Å². The van der Waals surface area contributed by atoms with Crippen LogP contribution in [0.15, 0.2) is 65.6 Å². The lowest BCUT2D eigenvalue weighted by Gasteiger charge is -2.39. The molecule has 208 valence electrons. The summed E-state index contributed by atoms with van der Waals surface area (Å²) in [7, 11) is -0.469. The molecule has 39 heavy (non-hydrogen) atoms. The topological polar surface area (TPSA) is 43.9 Å². The molecule has 1 heterocycles. The van der Waals surface area contributed by atoms with E-state index in [0.717, 1.165) is 22.5 Å². The van der Waals surface area contributed by atoms with Gasteiger partial charge >= 0.3 is 6.18 Å². The summed E-state index contributed by atoms with van der Waals surface area (Å²) >= 11 is 6.22. The molecule has 0 saturated heterocycles. The number of rotatable bonds is 7. The van der Waals surface area contributed by atoms with E-state index in [1.807, 2.05) is 23.9 Å². The third-order valence-electron chi connectivity index (χ3n) is 6.49. The first kappa shape index (κ1) is 28.9. The summed E-state index contributed by atoms with van der Waals surface area (Å²) in [5.41, 5.74) is 1.28. The Morgan fingerprint density at radius 2 is 1.74 bits per heavy atom. The molecule has 0 atom stereocenters. The summed E-state index contributed by atoms with van der Waals surface area (Å²) in [6, 6.07) is 13.4. The van der Waals surface area contributed by atoms with Crippen molar-refractivity contribution >= 4 is 44.6 Å². The summed E-state index contributed by atoms with van der Waals surface area (Å²) in [5.74, 6) is -0.488. The van der Waals surface area contributed by atoms with Crippen LogP contribution >= 0.6 is 11.6 Å². The van der Waals surface area contributed by atoms with Gasteiger partial charge in [-0.3, -0.25) is 4.31 Å². The zero-order chi connectivity index (χ0) is 28.5. The van der Waals surface area contributed by atoms with Gasteiger partial charge in [0.05, 0.1) is 33.4 Å². The number of anilines is 2. The van der Waals surface area contributed by atoms with E-state index in [-0.39, 0.29) is 17.1 Å².